The van der Waals surface area contributed by atoms with Crippen molar-refractivity contribution in [3.05, 3.63) is 0 Å². The van der Waals surface area contributed by atoms with Gasteiger partial charge in [0.25, 0.3) is 0 Å². The zero-order valence-electron chi connectivity index (χ0n) is 10.4. The highest BCUT2D eigenvalue weighted by atomic mass is 16.1. The van der Waals surface area contributed by atoms with Crippen LogP contribution in [0, 0.1) is 0 Å². The first-order valence-electron chi connectivity index (χ1n) is 5.61. The number of amides is 1. The van der Waals surface area contributed by atoms with Crippen LogP contribution in [-0.2, 0) is 4.79 Å². The van der Waals surface area contributed by atoms with Gasteiger partial charge in [-0.25, -0.2) is 0 Å². The quantitative estimate of drug-likeness (QED) is 0.653. The number of carbonyl (C=O) groups is 1. The topological polar surface area (TPSA) is 58.4 Å². The second-order valence-corrected chi connectivity index (χ2v) is 4.60. The molecule has 4 heteroatoms. The third-order valence-corrected chi connectivity index (χ3v) is 2.11. The molecule has 0 radical (unpaired) electrons. The summed E-state index contributed by atoms with van der Waals surface area (Å²) < 4.78 is 0. The predicted molar refractivity (Wildman–Crippen MR) is 63.7 cm³/mol. The van der Waals surface area contributed by atoms with Crippen molar-refractivity contribution in [3.63, 3.8) is 0 Å². The van der Waals surface area contributed by atoms with Crippen molar-refractivity contribution < 1.29 is 4.79 Å². The fourth-order valence-corrected chi connectivity index (χ4v) is 1.52. The lowest BCUT2D eigenvalue weighted by Gasteiger charge is -2.18. The van der Waals surface area contributed by atoms with Crippen molar-refractivity contribution in [1.29, 1.82) is 0 Å². The van der Waals surface area contributed by atoms with Gasteiger partial charge in [-0.05, 0) is 40.8 Å². The molecule has 2 atom stereocenters. The molecular weight excluding hydrogens is 190 g/mol. The molecule has 0 saturated carbocycles. The average molecular weight is 215 g/mol. The van der Waals surface area contributed by atoms with Gasteiger partial charge in [0.05, 0.1) is 0 Å². The van der Waals surface area contributed by atoms with Gasteiger partial charge in [0.2, 0.25) is 5.91 Å². The standard InChI is InChI=1S/C11H25N3O/c1-9(12)6-5-7-11(15)13-10(2)8-14(3)4/h9-10H,5-8,12H2,1-4H3,(H,13,15). The monoisotopic (exact) mass is 215 g/mol. The minimum atomic E-state index is 0.130. The van der Waals surface area contributed by atoms with Gasteiger partial charge in [-0.1, -0.05) is 0 Å². The molecule has 0 heterocycles. The van der Waals surface area contributed by atoms with E-state index in [9.17, 15) is 4.79 Å². The van der Waals surface area contributed by atoms with E-state index in [-0.39, 0.29) is 18.0 Å². The van der Waals surface area contributed by atoms with Crippen LogP contribution < -0.4 is 11.1 Å². The summed E-state index contributed by atoms with van der Waals surface area (Å²) in [5, 5.41) is 2.96. The zero-order valence-corrected chi connectivity index (χ0v) is 10.4. The fraction of sp³-hybridized carbons (Fsp3) is 0.909. The Bertz CT molecular complexity index is 181. The molecular formula is C11H25N3O. The minimum Gasteiger partial charge on any atom is -0.352 e. The van der Waals surface area contributed by atoms with Crippen LogP contribution in [0.25, 0.3) is 0 Å². The molecule has 3 N–H and O–H groups in total. The van der Waals surface area contributed by atoms with Crippen LogP contribution >= 0.6 is 0 Å². The molecule has 1 amide bonds. The van der Waals surface area contributed by atoms with Crippen molar-refractivity contribution in [3.8, 4) is 0 Å². The number of hydrogen-bond donors (Lipinski definition) is 2. The van der Waals surface area contributed by atoms with E-state index in [1.165, 1.54) is 0 Å². The molecule has 4 nitrogen and oxygen atoms in total. The summed E-state index contributed by atoms with van der Waals surface area (Å²) in [6.07, 6.45) is 2.37. The average Bonchev–Trinajstić information content (AvgIpc) is 2.00. The molecule has 0 aliphatic carbocycles. The van der Waals surface area contributed by atoms with Gasteiger partial charge < -0.3 is 16.0 Å². The molecule has 0 saturated heterocycles. The van der Waals surface area contributed by atoms with Crippen LogP contribution in [0.2, 0.25) is 0 Å². The van der Waals surface area contributed by atoms with Crippen molar-refractivity contribution in [2.75, 3.05) is 20.6 Å². The maximum Gasteiger partial charge on any atom is 0.220 e. The lowest BCUT2D eigenvalue weighted by atomic mass is 10.1. The normalized spacial score (nSPS) is 15.1. The summed E-state index contributed by atoms with van der Waals surface area (Å²) in [4.78, 5) is 13.5. The van der Waals surface area contributed by atoms with E-state index in [0.717, 1.165) is 19.4 Å². The molecule has 0 spiro atoms. The van der Waals surface area contributed by atoms with Crippen molar-refractivity contribution in [2.45, 2.75) is 45.2 Å². The number of nitrogens with one attached hydrogen (secondary N) is 1. The second kappa shape index (κ2) is 7.65. The summed E-state index contributed by atoms with van der Waals surface area (Å²) in [5.41, 5.74) is 5.61. The number of nitrogens with two attached hydrogens (primary N) is 1. The van der Waals surface area contributed by atoms with E-state index in [1.54, 1.807) is 0 Å². The van der Waals surface area contributed by atoms with Crippen LogP contribution in [0.15, 0.2) is 0 Å². The van der Waals surface area contributed by atoms with Crippen LogP contribution in [0.1, 0.15) is 33.1 Å². The summed E-state index contributed by atoms with van der Waals surface area (Å²) in [7, 11) is 4.00. The van der Waals surface area contributed by atoms with Crippen LogP contribution in [0.3, 0.4) is 0 Å². The first-order valence-corrected chi connectivity index (χ1v) is 5.61. The number of likely N-dealkylation sites (N-methyl/N-ethyl adjacent to an activating group) is 1. The molecule has 0 aliphatic heterocycles. The third kappa shape index (κ3) is 9.69. The Morgan fingerprint density at radius 3 is 2.47 bits per heavy atom. The summed E-state index contributed by atoms with van der Waals surface area (Å²) >= 11 is 0. The van der Waals surface area contributed by atoms with Crippen molar-refractivity contribution in [1.82, 2.24) is 10.2 Å². The van der Waals surface area contributed by atoms with Gasteiger partial charge in [-0.2, -0.15) is 0 Å². The predicted octanol–water partition coefficient (Wildman–Crippen LogP) is 0.570. The Labute approximate surface area is 93.2 Å². The molecule has 0 aromatic rings. The SMILES string of the molecule is CC(N)CCCC(=O)NC(C)CN(C)C. The molecule has 15 heavy (non-hydrogen) atoms. The van der Waals surface area contributed by atoms with Gasteiger partial charge in [-0.3, -0.25) is 4.79 Å². The van der Waals surface area contributed by atoms with E-state index < -0.39 is 0 Å². The van der Waals surface area contributed by atoms with Gasteiger partial charge in [0, 0.05) is 25.0 Å². The zero-order chi connectivity index (χ0) is 11.8. The number of carbonyl (C=O) groups excluding carboxylic acids is 1. The van der Waals surface area contributed by atoms with Crippen molar-refractivity contribution >= 4 is 5.91 Å². The highest BCUT2D eigenvalue weighted by molar-refractivity contribution is 5.76. The molecule has 0 fully saturated rings. The minimum absolute atomic E-state index is 0.130. The smallest absolute Gasteiger partial charge is 0.220 e. The number of nitrogens with zero attached hydrogens (tertiary/aromatic N) is 1. The second-order valence-electron chi connectivity index (χ2n) is 4.60. The Morgan fingerprint density at radius 1 is 1.40 bits per heavy atom. The van der Waals surface area contributed by atoms with Gasteiger partial charge in [0.15, 0.2) is 0 Å². The van der Waals surface area contributed by atoms with E-state index in [1.807, 2.05) is 27.9 Å². The molecule has 0 rings (SSSR count). The number of hydrogen-bond acceptors (Lipinski definition) is 3. The molecule has 0 aromatic heterocycles. The Hall–Kier alpha value is -0.610. The summed E-state index contributed by atoms with van der Waals surface area (Å²) in [6.45, 7) is 4.86. The molecule has 0 aromatic carbocycles. The third-order valence-electron chi connectivity index (χ3n) is 2.11. The van der Waals surface area contributed by atoms with Crippen LogP contribution in [0.5, 0.6) is 0 Å². The molecule has 2 unspecified atom stereocenters. The summed E-state index contributed by atoms with van der Waals surface area (Å²) in [6, 6.07) is 0.403. The van der Waals surface area contributed by atoms with E-state index in [0.29, 0.717) is 6.42 Å². The molecule has 90 valence electrons. The largest absolute Gasteiger partial charge is 0.352 e. The van der Waals surface area contributed by atoms with E-state index >= 15 is 0 Å². The van der Waals surface area contributed by atoms with E-state index in [4.69, 9.17) is 5.73 Å². The lowest BCUT2D eigenvalue weighted by Crippen LogP contribution is -2.39. The van der Waals surface area contributed by atoms with E-state index in [2.05, 4.69) is 10.2 Å². The van der Waals surface area contributed by atoms with Crippen molar-refractivity contribution in [2.24, 2.45) is 5.73 Å². The Balaban J connectivity index is 3.55. The number of rotatable bonds is 7. The molecule has 0 aliphatic rings. The fourth-order valence-electron chi connectivity index (χ4n) is 1.52. The summed E-state index contributed by atoms with van der Waals surface area (Å²) in [5.74, 6) is 0.130. The molecule has 0 bridgehead atoms. The lowest BCUT2D eigenvalue weighted by molar-refractivity contribution is -0.121. The first-order chi connectivity index (χ1) is 6.91. The van der Waals surface area contributed by atoms with Crippen LogP contribution in [-0.4, -0.2) is 43.5 Å². The van der Waals surface area contributed by atoms with Gasteiger partial charge in [0.1, 0.15) is 0 Å². The highest BCUT2D eigenvalue weighted by Gasteiger charge is 2.07. The Morgan fingerprint density at radius 2 is 2.00 bits per heavy atom. The maximum atomic E-state index is 11.4. The Kier molecular flexibility index (Phi) is 7.34. The van der Waals surface area contributed by atoms with Crippen LogP contribution in [0.4, 0.5) is 0 Å². The highest BCUT2D eigenvalue weighted by Crippen LogP contribution is 1.98. The maximum absolute atomic E-state index is 11.4. The van der Waals surface area contributed by atoms with Gasteiger partial charge >= 0.3 is 0 Å². The van der Waals surface area contributed by atoms with Gasteiger partial charge in [-0.15, -0.1) is 0 Å². The first kappa shape index (κ1) is 14.4.